The summed E-state index contributed by atoms with van der Waals surface area (Å²) in [5.41, 5.74) is 0.288. The minimum atomic E-state index is -0.471. The zero-order chi connectivity index (χ0) is 18.0. The number of carbonyl (C=O) groups is 1. The normalized spacial score (nSPS) is 22.8. The summed E-state index contributed by atoms with van der Waals surface area (Å²) in [4.78, 5) is 13.3. The predicted octanol–water partition coefficient (Wildman–Crippen LogP) is 1.28. The van der Waals surface area contributed by atoms with Crippen molar-refractivity contribution in [3.8, 4) is 0 Å². The van der Waals surface area contributed by atoms with Gasteiger partial charge in [0.2, 0.25) is 0 Å². The quantitative estimate of drug-likeness (QED) is 0.829. The van der Waals surface area contributed by atoms with Crippen molar-refractivity contribution in [1.29, 1.82) is 0 Å². The highest BCUT2D eigenvalue weighted by molar-refractivity contribution is 6.30. The lowest BCUT2D eigenvalue weighted by atomic mass is 10.1. The second-order valence-electron chi connectivity index (χ2n) is 6.54. The molecular formula is C16H21ClN6O2. The number of nitrogens with zero attached hydrogens (tertiary/aromatic N) is 5. The van der Waals surface area contributed by atoms with Crippen LogP contribution in [0, 0.1) is 5.92 Å². The fourth-order valence-corrected chi connectivity index (χ4v) is 3.22. The van der Waals surface area contributed by atoms with E-state index in [4.69, 9.17) is 11.6 Å². The number of aliphatic hydroxyl groups excluding tert-OH is 1. The highest BCUT2D eigenvalue weighted by atomic mass is 35.5. The molecule has 1 amide bonds. The molecule has 2 aromatic rings. The summed E-state index contributed by atoms with van der Waals surface area (Å²) in [6.45, 7) is 0.712. The van der Waals surface area contributed by atoms with E-state index < -0.39 is 6.10 Å². The third-order valence-corrected chi connectivity index (χ3v) is 4.49. The van der Waals surface area contributed by atoms with Crippen molar-refractivity contribution in [2.24, 2.45) is 5.92 Å². The molecule has 0 aromatic carbocycles. The number of anilines is 1. The summed E-state index contributed by atoms with van der Waals surface area (Å²) in [6, 6.07) is 3.22. The Labute approximate surface area is 150 Å². The Bertz CT molecular complexity index is 732. The number of rotatable bonds is 5. The molecule has 1 unspecified atom stereocenters. The SMILES string of the molecule is CN(C)C(=O)c1ccc(N[C@@H]2CC(Cn3cc(Cl)cn3)C[C@H]2O)nn1. The fourth-order valence-electron chi connectivity index (χ4n) is 3.07. The number of hydrogen-bond acceptors (Lipinski definition) is 6. The van der Waals surface area contributed by atoms with Crippen LogP contribution in [0.2, 0.25) is 5.02 Å². The zero-order valence-electron chi connectivity index (χ0n) is 14.1. The van der Waals surface area contributed by atoms with Crippen molar-refractivity contribution in [2.75, 3.05) is 19.4 Å². The number of carbonyl (C=O) groups excluding carboxylic acids is 1. The first-order valence-corrected chi connectivity index (χ1v) is 8.48. The lowest BCUT2D eigenvalue weighted by Crippen LogP contribution is -2.29. The molecule has 2 aromatic heterocycles. The van der Waals surface area contributed by atoms with Gasteiger partial charge in [0.05, 0.1) is 23.4 Å². The first-order chi connectivity index (χ1) is 11.9. The van der Waals surface area contributed by atoms with Crippen molar-refractivity contribution in [1.82, 2.24) is 24.9 Å². The monoisotopic (exact) mass is 364 g/mol. The van der Waals surface area contributed by atoms with Gasteiger partial charge < -0.3 is 15.3 Å². The Morgan fingerprint density at radius 1 is 1.40 bits per heavy atom. The molecule has 1 aliphatic carbocycles. The maximum absolute atomic E-state index is 11.8. The fraction of sp³-hybridized carbons (Fsp3) is 0.500. The third-order valence-electron chi connectivity index (χ3n) is 4.30. The third kappa shape index (κ3) is 4.26. The second-order valence-corrected chi connectivity index (χ2v) is 6.98. The van der Waals surface area contributed by atoms with Gasteiger partial charge in [-0.05, 0) is 30.9 Å². The Kier molecular flexibility index (Phi) is 5.19. The van der Waals surface area contributed by atoms with Gasteiger partial charge in [-0.25, -0.2) is 0 Å². The summed E-state index contributed by atoms with van der Waals surface area (Å²) in [7, 11) is 3.33. The molecule has 2 heterocycles. The van der Waals surface area contributed by atoms with Gasteiger partial charge in [0.25, 0.3) is 5.91 Å². The van der Waals surface area contributed by atoms with Gasteiger partial charge >= 0.3 is 0 Å². The van der Waals surface area contributed by atoms with Crippen molar-refractivity contribution < 1.29 is 9.90 Å². The number of aromatic nitrogens is 4. The summed E-state index contributed by atoms with van der Waals surface area (Å²) < 4.78 is 1.80. The highest BCUT2D eigenvalue weighted by Crippen LogP contribution is 2.29. The molecule has 1 saturated carbocycles. The lowest BCUT2D eigenvalue weighted by Gasteiger charge is -2.17. The number of amides is 1. The molecule has 8 nitrogen and oxygen atoms in total. The molecule has 1 fully saturated rings. The zero-order valence-corrected chi connectivity index (χ0v) is 14.9. The largest absolute Gasteiger partial charge is 0.391 e. The van der Waals surface area contributed by atoms with Crippen LogP contribution < -0.4 is 5.32 Å². The average molecular weight is 365 g/mol. The number of hydrogen-bond donors (Lipinski definition) is 2. The van der Waals surface area contributed by atoms with Crippen LogP contribution in [0.1, 0.15) is 23.3 Å². The molecule has 0 bridgehead atoms. The minimum absolute atomic E-state index is 0.110. The molecule has 9 heteroatoms. The molecule has 2 N–H and O–H groups in total. The van der Waals surface area contributed by atoms with Crippen LogP contribution in [0.25, 0.3) is 0 Å². The number of halogens is 1. The molecule has 1 aliphatic rings. The van der Waals surface area contributed by atoms with Crippen LogP contribution >= 0.6 is 11.6 Å². The van der Waals surface area contributed by atoms with E-state index >= 15 is 0 Å². The van der Waals surface area contributed by atoms with Gasteiger partial charge in [-0.1, -0.05) is 11.6 Å². The van der Waals surface area contributed by atoms with Gasteiger partial charge in [0.1, 0.15) is 5.82 Å². The summed E-state index contributed by atoms with van der Waals surface area (Å²) in [5.74, 6) is 0.644. The molecule has 0 aliphatic heterocycles. The number of nitrogens with one attached hydrogen (secondary N) is 1. The van der Waals surface area contributed by atoms with Gasteiger partial charge in [0, 0.05) is 26.8 Å². The Balaban J connectivity index is 1.58. The highest BCUT2D eigenvalue weighted by Gasteiger charge is 2.33. The molecular weight excluding hydrogens is 344 g/mol. The molecule has 134 valence electrons. The van der Waals surface area contributed by atoms with Gasteiger partial charge in [0.15, 0.2) is 5.69 Å². The van der Waals surface area contributed by atoms with E-state index in [1.807, 2.05) is 0 Å². The topological polar surface area (TPSA) is 96.2 Å². The van der Waals surface area contributed by atoms with Crippen LogP contribution in [0.15, 0.2) is 24.5 Å². The van der Waals surface area contributed by atoms with Crippen molar-refractivity contribution in [3.05, 3.63) is 35.2 Å². The Hall–Kier alpha value is -2.19. The van der Waals surface area contributed by atoms with Crippen molar-refractivity contribution in [3.63, 3.8) is 0 Å². The van der Waals surface area contributed by atoms with Crippen LogP contribution in [0.4, 0.5) is 5.82 Å². The predicted molar refractivity (Wildman–Crippen MR) is 93.4 cm³/mol. The maximum atomic E-state index is 11.8. The van der Waals surface area contributed by atoms with E-state index in [9.17, 15) is 9.90 Å². The van der Waals surface area contributed by atoms with E-state index in [0.29, 0.717) is 29.7 Å². The first-order valence-electron chi connectivity index (χ1n) is 8.10. The Morgan fingerprint density at radius 2 is 2.20 bits per heavy atom. The average Bonchev–Trinajstić information content (AvgIpc) is 3.13. The second kappa shape index (κ2) is 7.37. The standard InChI is InChI=1S/C16H21ClN6O2/c1-22(2)16(25)12-3-4-15(21-20-12)19-13-5-10(6-14(13)24)8-23-9-11(17)7-18-23/h3-4,7,9-10,13-14,24H,5-6,8H2,1-2H3,(H,19,21)/t10?,13-,14-/m1/s1. The maximum Gasteiger partial charge on any atom is 0.273 e. The van der Waals surface area contributed by atoms with Gasteiger partial charge in [-0.2, -0.15) is 5.10 Å². The Morgan fingerprint density at radius 3 is 2.80 bits per heavy atom. The molecule has 0 radical (unpaired) electrons. The summed E-state index contributed by atoms with van der Waals surface area (Å²) in [5, 5.41) is 26.3. The van der Waals surface area contributed by atoms with E-state index in [-0.39, 0.29) is 17.6 Å². The molecule has 3 atom stereocenters. The number of aliphatic hydroxyl groups is 1. The molecule has 0 saturated heterocycles. The van der Waals surface area contributed by atoms with Gasteiger partial charge in [-0.15, -0.1) is 10.2 Å². The van der Waals surface area contributed by atoms with Crippen LogP contribution in [-0.2, 0) is 6.54 Å². The molecule has 3 rings (SSSR count). The van der Waals surface area contributed by atoms with E-state index in [1.54, 1.807) is 43.3 Å². The van der Waals surface area contributed by atoms with Crippen LogP contribution in [0.5, 0.6) is 0 Å². The molecule has 25 heavy (non-hydrogen) atoms. The van der Waals surface area contributed by atoms with Crippen LogP contribution in [0.3, 0.4) is 0 Å². The van der Waals surface area contributed by atoms with E-state index in [1.165, 1.54) is 4.90 Å². The minimum Gasteiger partial charge on any atom is -0.391 e. The lowest BCUT2D eigenvalue weighted by molar-refractivity contribution is 0.0821. The van der Waals surface area contributed by atoms with Crippen molar-refractivity contribution in [2.45, 2.75) is 31.5 Å². The summed E-state index contributed by atoms with van der Waals surface area (Å²) >= 11 is 5.88. The van der Waals surface area contributed by atoms with Crippen molar-refractivity contribution >= 4 is 23.3 Å². The van der Waals surface area contributed by atoms with Gasteiger partial charge in [-0.3, -0.25) is 9.48 Å². The first kappa shape index (κ1) is 17.6. The van der Waals surface area contributed by atoms with E-state index in [0.717, 1.165) is 6.42 Å². The molecule has 0 spiro atoms. The van der Waals surface area contributed by atoms with E-state index in [2.05, 4.69) is 20.6 Å². The van der Waals surface area contributed by atoms with Crippen LogP contribution in [-0.4, -0.2) is 62.1 Å². The summed E-state index contributed by atoms with van der Waals surface area (Å²) in [6.07, 6.45) is 4.38. The smallest absolute Gasteiger partial charge is 0.273 e.